The van der Waals surface area contributed by atoms with E-state index in [2.05, 4.69) is 28.8 Å². The van der Waals surface area contributed by atoms with Crippen LogP contribution in [0.3, 0.4) is 0 Å². The number of hydrogen-bond acceptors (Lipinski definition) is 6. The number of carbonyl (C=O) groups is 2. The Morgan fingerprint density at radius 1 is 1.09 bits per heavy atom. The molecule has 2 atom stereocenters. The number of nitrogens with two attached hydrogens (primary N) is 1. The highest BCUT2D eigenvalue weighted by Crippen LogP contribution is 2.44. The number of nitrogens with one attached hydrogen (secondary N) is 1. The van der Waals surface area contributed by atoms with Crippen LogP contribution in [-0.4, -0.2) is 43.6 Å². The fraction of sp³-hybridized carbons (Fsp3) is 0.320. The molecule has 1 amide bonds. The molecule has 0 saturated heterocycles. The number of Topliss-reactive ketones (excluding diaryl/α,β-unsaturated/α-hetero) is 1. The first-order valence-electron chi connectivity index (χ1n) is 10.6. The topological polar surface area (TPSA) is 108 Å². The van der Waals surface area contributed by atoms with Gasteiger partial charge >= 0.3 is 12.6 Å². The molecular formula is C25H27N2O5. The molecule has 7 nitrogen and oxygen atoms in total. The van der Waals surface area contributed by atoms with Crippen molar-refractivity contribution in [1.29, 1.82) is 0 Å². The molecule has 167 valence electrons. The van der Waals surface area contributed by atoms with Crippen molar-refractivity contribution in [3.8, 4) is 11.1 Å². The van der Waals surface area contributed by atoms with Gasteiger partial charge in [0.2, 0.25) is 0 Å². The summed E-state index contributed by atoms with van der Waals surface area (Å²) in [5.74, 6) is -0.581. The standard InChI is InChI=1S/C25H27N2O5/c1-2-23(32-16-28)24(29)22(13-7-8-14-26)27-25(30)31-15-21-19-11-5-3-9-17(19)18-10-4-6-12-20(18)21/h2-6,9-12,21-23H,1,7-8,13-15,26H2,(H,27,30)/t22-,23?/m0/s1. The number of amides is 1. The first-order valence-corrected chi connectivity index (χ1v) is 10.6. The summed E-state index contributed by atoms with van der Waals surface area (Å²) in [4.78, 5) is 35.8. The number of unbranched alkanes of at least 4 members (excludes halogenated alkanes) is 1. The first kappa shape index (κ1) is 23.2. The molecule has 0 saturated carbocycles. The van der Waals surface area contributed by atoms with Crippen LogP contribution in [0.4, 0.5) is 4.79 Å². The van der Waals surface area contributed by atoms with Crippen molar-refractivity contribution in [1.82, 2.24) is 5.32 Å². The second-order valence-electron chi connectivity index (χ2n) is 7.57. The van der Waals surface area contributed by atoms with Crippen molar-refractivity contribution in [2.24, 2.45) is 5.73 Å². The number of alkyl carbamates (subject to hydrolysis) is 1. The van der Waals surface area contributed by atoms with E-state index >= 15 is 0 Å². The van der Waals surface area contributed by atoms with Crippen LogP contribution in [-0.2, 0) is 19.1 Å². The van der Waals surface area contributed by atoms with Gasteiger partial charge in [0, 0.05) is 5.92 Å². The van der Waals surface area contributed by atoms with Gasteiger partial charge in [-0.1, -0.05) is 55.1 Å². The van der Waals surface area contributed by atoms with E-state index in [4.69, 9.17) is 10.5 Å². The minimum Gasteiger partial charge on any atom is -0.449 e. The molecule has 3 rings (SSSR count). The maximum Gasteiger partial charge on any atom is 0.418 e. The van der Waals surface area contributed by atoms with E-state index in [-0.39, 0.29) is 12.5 Å². The average Bonchev–Trinajstić information content (AvgIpc) is 3.14. The molecule has 1 radical (unpaired) electrons. The summed E-state index contributed by atoms with van der Waals surface area (Å²) in [7, 11) is 0. The van der Waals surface area contributed by atoms with Crippen LogP contribution < -0.4 is 11.1 Å². The molecule has 1 unspecified atom stereocenters. The molecule has 32 heavy (non-hydrogen) atoms. The molecule has 0 aromatic heterocycles. The fourth-order valence-corrected chi connectivity index (χ4v) is 4.03. The Balaban J connectivity index is 1.68. The highest BCUT2D eigenvalue weighted by Gasteiger charge is 2.31. The second kappa shape index (κ2) is 11.2. The van der Waals surface area contributed by atoms with Crippen molar-refractivity contribution in [2.75, 3.05) is 13.2 Å². The van der Waals surface area contributed by atoms with E-state index in [1.54, 1.807) is 0 Å². The minimum atomic E-state index is -1.19. The zero-order valence-corrected chi connectivity index (χ0v) is 17.8. The maximum atomic E-state index is 12.7. The van der Waals surface area contributed by atoms with Gasteiger partial charge in [0.1, 0.15) is 6.61 Å². The molecule has 1 aliphatic rings. The molecule has 0 heterocycles. The lowest BCUT2D eigenvalue weighted by molar-refractivity contribution is -0.126. The Labute approximate surface area is 187 Å². The van der Waals surface area contributed by atoms with Crippen LogP contribution in [0.1, 0.15) is 36.3 Å². The smallest absolute Gasteiger partial charge is 0.418 e. The van der Waals surface area contributed by atoms with Gasteiger partial charge in [-0.3, -0.25) is 4.79 Å². The van der Waals surface area contributed by atoms with Crippen LogP contribution in [0.2, 0.25) is 0 Å². The third-order valence-electron chi connectivity index (χ3n) is 5.60. The Morgan fingerprint density at radius 3 is 2.28 bits per heavy atom. The van der Waals surface area contributed by atoms with Crippen molar-refractivity contribution < 1.29 is 23.9 Å². The molecule has 7 heteroatoms. The molecule has 0 spiro atoms. The van der Waals surface area contributed by atoms with Crippen LogP contribution in [0.25, 0.3) is 11.1 Å². The van der Waals surface area contributed by atoms with Crippen molar-refractivity contribution in [3.63, 3.8) is 0 Å². The third kappa shape index (κ3) is 5.23. The number of ether oxygens (including phenoxy) is 2. The van der Waals surface area contributed by atoms with E-state index in [9.17, 15) is 14.4 Å². The van der Waals surface area contributed by atoms with Crippen molar-refractivity contribution >= 4 is 18.3 Å². The molecule has 0 fully saturated rings. The van der Waals surface area contributed by atoms with E-state index in [1.807, 2.05) is 36.4 Å². The second-order valence-corrected chi connectivity index (χ2v) is 7.57. The van der Waals surface area contributed by atoms with Crippen LogP contribution >= 0.6 is 0 Å². The van der Waals surface area contributed by atoms with Gasteiger partial charge in [0.15, 0.2) is 11.9 Å². The molecule has 3 N–H and O–H groups in total. The quantitative estimate of drug-likeness (QED) is 0.391. The monoisotopic (exact) mass is 435 g/mol. The summed E-state index contributed by atoms with van der Waals surface area (Å²) in [6.45, 7) is 5.35. The number of ketones is 1. The Bertz CT molecular complexity index is 929. The summed E-state index contributed by atoms with van der Waals surface area (Å²) in [6.07, 6.45) is 0.941. The van der Waals surface area contributed by atoms with E-state index in [0.29, 0.717) is 25.8 Å². The predicted octanol–water partition coefficient (Wildman–Crippen LogP) is 3.23. The van der Waals surface area contributed by atoms with Gasteiger partial charge in [-0.2, -0.15) is 0 Å². The molecule has 2 aromatic carbocycles. The lowest BCUT2D eigenvalue weighted by Gasteiger charge is -2.21. The van der Waals surface area contributed by atoms with Gasteiger partial charge in [0.25, 0.3) is 0 Å². The first-order chi connectivity index (χ1) is 15.6. The number of benzene rings is 2. The minimum absolute atomic E-state index is 0.0894. The third-order valence-corrected chi connectivity index (χ3v) is 5.60. The summed E-state index contributed by atoms with van der Waals surface area (Å²) in [6, 6.07) is 15.2. The SMILES string of the molecule is C=CC(O[C]=O)C(=O)[C@H](CCCCN)NC(=O)OCC1c2ccccc2-c2ccccc21. The Kier molecular flexibility index (Phi) is 8.16. The summed E-state index contributed by atoms with van der Waals surface area (Å²) >= 11 is 0. The summed E-state index contributed by atoms with van der Waals surface area (Å²) < 4.78 is 10.2. The summed E-state index contributed by atoms with van der Waals surface area (Å²) in [5.41, 5.74) is 9.98. The van der Waals surface area contributed by atoms with E-state index in [0.717, 1.165) is 22.3 Å². The zero-order chi connectivity index (χ0) is 22.9. The lowest BCUT2D eigenvalue weighted by Crippen LogP contribution is -2.46. The number of fused-ring (bicyclic) bond motifs is 3. The van der Waals surface area contributed by atoms with Gasteiger partial charge in [-0.25, -0.2) is 9.59 Å². The number of carbonyl (C=O) groups excluding carboxylic acids is 3. The Hall–Kier alpha value is -3.45. The predicted molar refractivity (Wildman–Crippen MR) is 121 cm³/mol. The number of rotatable bonds is 12. The van der Waals surface area contributed by atoms with Crippen LogP contribution in [0, 0.1) is 0 Å². The largest absolute Gasteiger partial charge is 0.449 e. The van der Waals surface area contributed by atoms with Crippen LogP contribution in [0.15, 0.2) is 61.2 Å². The van der Waals surface area contributed by atoms with E-state index in [1.165, 1.54) is 12.5 Å². The molecule has 0 aliphatic heterocycles. The Morgan fingerprint density at radius 2 is 1.72 bits per heavy atom. The molecule has 1 aliphatic carbocycles. The molecule has 2 aromatic rings. The van der Waals surface area contributed by atoms with Gasteiger partial charge in [-0.15, -0.1) is 0 Å². The molecule has 0 bridgehead atoms. The highest BCUT2D eigenvalue weighted by atomic mass is 16.5. The van der Waals surface area contributed by atoms with Gasteiger partial charge in [0.05, 0.1) is 6.04 Å². The fourth-order valence-electron chi connectivity index (χ4n) is 4.03. The van der Waals surface area contributed by atoms with Gasteiger partial charge < -0.3 is 20.5 Å². The van der Waals surface area contributed by atoms with Crippen molar-refractivity contribution in [2.45, 2.75) is 37.3 Å². The van der Waals surface area contributed by atoms with Crippen LogP contribution in [0.5, 0.6) is 0 Å². The van der Waals surface area contributed by atoms with E-state index < -0.39 is 24.0 Å². The van der Waals surface area contributed by atoms with Gasteiger partial charge in [-0.05, 0) is 54.1 Å². The summed E-state index contributed by atoms with van der Waals surface area (Å²) in [5, 5.41) is 2.61. The highest BCUT2D eigenvalue weighted by molar-refractivity contribution is 5.92. The molecular weight excluding hydrogens is 408 g/mol. The average molecular weight is 436 g/mol. The lowest BCUT2D eigenvalue weighted by atomic mass is 9.98. The normalized spacial score (nSPS) is 13.9. The zero-order valence-electron chi connectivity index (χ0n) is 17.8. The number of hydrogen-bond donors (Lipinski definition) is 2. The van der Waals surface area contributed by atoms with Crippen molar-refractivity contribution in [3.05, 3.63) is 72.3 Å². The maximum absolute atomic E-state index is 12.7.